The molecular formula is C43H70O11. The first kappa shape index (κ1) is 48.9. The van der Waals surface area contributed by atoms with Gasteiger partial charge in [-0.3, -0.25) is 9.59 Å². The van der Waals surface area contributed by atoms with Crippen molar-refractivity contribution < 1.29 is 53.8 Å². The Hall–Kier alpha value is -3.09. The van der Waals surface area contributed by atoms with E-state index in [1.54, 1.807) is 0 Å². The van der Waals surface area contributed by atoms with Gasteiger partial charge < -0.3 is 39.4 Å². The van der Waals surface area contributed by atoms with Crippen molar-refractivity contribution in [3.05, 3.63) is 60.8 Å². The first-order valence-corrected chi connectivity index (χ1v) is 20.3. The van der Waals surface area contributed by atoms with E-state index in [1.807, 2.05) is 0 Å². The van der Waals surface area contributed by atoms with Crippen molar-refractivity contribution in [2.75, 3.05) is 13.2 Å². The molecule has 0 aromatic carbocycles. The van der Waals surface area contributed by atoms with E-state index >= 15 is 0 Å². The average molecular weight is 763 g/mol. The summed E-state index contributed by atoms with van der Waals surface area (Å²) in [5, 5.41) is 39.7. The van der Waals surface area contributed by atoms with E-state index in [9.17, 15) is 34.8 Å². The number of hydrogen-bond acceptors (Lipinski definition) is 10. The summed E-state index contributed by atoms with van der Waals surface area (Å²) in [7, 11) is 0. The standard InChI is InChI=1S/C43H70O11/c1-3-5-7-9-11-13-15-17-18-20-21-23-25-27-29-31-36(44)51-33-35(34-52-43-40(48)38(46)39(47)41(54-43)42(49)50)53-37(45)32-30-28-26-24-22-19-16-14-12-10-8-6-4-2/h5,7,11,13-14,16-18,21,23,35,38-41,43,46-48H,3-4,6,8-10,12,15,19-20,22,24-34H2,1-2H3,(H,49,50)/b7-5-,13-11-,16-14-,18-17-,23-21-. The van der Waals surface area contributed by atoms with Crippen LogP contribution >= 0.6 is 0 Å². The first-order valence-electron chi connectivity index (χ1n) is 20.3. The molecule has 0 bridgehead atoms. The zero-order chi connectivity index (χ0) is 39.7. The summed E-state index contributed by atoms with van der Waals surface area (Å²) in [5.74, 6) is -2.52. The van der Waals surface area contributed by atoms with Crippen LogP contribution in [-0.2, 0) is 33.3 Å². The van der Waals surface area contributed by atoms with Crippen LogP contribution in [0.4, 0.5) is 0 Å². The van der Waals surface area contributed by atoms with Gasteiger partial charge in [-0.2, -0.15) is 0 Å². The van der Waals surface area contributed by atoms with Gasteiger partial charge in [0.15, 0.2) is 18.5 Å². The number of ether oxygens (including phenoxy) is 4. The second-order valence-corrected chi connectivity index (χ2v) is 13.7. The van der Waals surface area contributed by atoms with Crippen LogP contribution in [0.15, 0.2) is 60.8 Å². The van der Waals surface area contributed by atoms with Crippen molar-refractivity contribution >= 4 is 17.9 Å². The highest BCUT2D eigenvalue weighted by molar-refractivity contribution is 5.73. The fourth-order valence-corrected chi connectivity index (χ4v) is 5.63. The van der Waals surface area contributed by atoms with Crippen molar-refractivity contribution in [3.8, 4) is 0 Å². The number of esters is 2. The first-order chi connectivity index (χ1) is 26.2. The van der Waals surface area contributed by atoms with Gasteiger partial charge in [0.2, 0.25) is 0 Å². The normalized spacial score (nSPS) is 21.2. The third kappa shape index (κ3) is 25.1. The monoisotopic (exact) mass is 762 g/mol. The molecule has 11 heteroatoms. The second kappa shape index (κ2) is 33.3. The Morgan fingerprint density at radius 3 is 1.70 bits per heavy atom. The largest absolute Gasteiger partial charge is 0.479 e. The number of aliphatic hydroxyl groups is 3. The zero-order valence-corrected chi connectivity index (χ0v) is 32.9. The van der Waals surface area contributed by atoms with Crippen molar-refractivity contribution in [1.82, 2.24) is 0 Å². The average Bonchev–Trinajstić information content (AvgIpc) is 3.15. The number of hydrogen-bond donors (Lipinski definition) is 4. The van der Waals surface area contributed by atoms with Crippen molar-refractivity contribution in [2.45, 2.75) is 179 Å². The fourth-order valence-electron chi connectivity index (χ4n) is 5.63. The Balaban J connectivity index is 2.47. The predicted molar refractivity (Wildman–Crippen MR) is 210 cm³/mol. The topological polar surface area (TPSA) is 169 Å². The lowest BCUT2D eigenvalue weighted by Crippen LogP contribution is -2.60. The molecule has 0 spiro atoms. The molecule has 11 nitrogen and oxygen atoms in total. The minimum Gasteiger partial charge on any atom is -0.479 e. The van der Waals surface area contributed by atoms with E-state index in [0.29, 0.717) is 12.8 Å². The molecule has 4 N–H and O–H groups in total. The molecule has 0 aromatic heterocycles. The highest BCUT2D eigenvalue weighted by Gasteiger charge is 2.47. The highest BCUT2D eigenvalue weighted by Crippen LogP contribution is 2.23. The van der Waals surface area contributed by atoms with E-state index in [-0.39, 0.29) is 19.4 Å². The summed E-state index contributed by atoms with van der Waals surface area (Å²) >= 11 is 0. The number of rotatable bonds is 32. The molecule has 54 heavy (non-hydrogen) atoms. The number of carboxylic acids is 1. The van der Waals surface area contributed by atoms with Gasteiger partial charge in [-0.1, -0.05) is 113 Å². The van der Waals surface area contributed by atoms with E-state index in [2.05, 4.69) is 74.6 Å². The Kier molecular flexibility index (Phi) is 30.1. The predicted octanol–water partition coefficient (Wildman–Crippen LogP) is 7.97. The zero-order valence-electron chi connectivity index (χ0n) is 32.9. The molecule has 1 heterocycles. The molecule has 1 saturated heterocycles. The summed E-state index contributed by atoms with van der Waals surface area (Å²) in [6.45, 7) is 3.61. The lowest BCUT2D eigenvalue weighted by Gasteiger charge is -2.38. The number of allylic oxidation sites excluding steroid dienone is 10. The number of carbonyl (C=O) groups excluding carboxylic acids is 2. The van der Waals surface area contributed by atoms with Crippen molar-refractivity contribution in [3.63, 3.8) is 0 Å². The van der Waals surface area contributed by atoms with Gasteiger partial charge >= 0.3 is 17.9 Å². The molecule has 0 saturated carbocycles. The van der Waals surface area contributed by atoms with Crippen LogP contribution in [0.1, 0.15) is 142 Å². The van der Waals surface area contributed by atoms with E-state index in [0.717, 1.165) is 77.0 Å². The third-order valence-corrected chi connectivity index (χ3v) is 8.85. The van der Waals surface area contributed by atoms with Gasteiger partial charge in [0.25, 0.3) is 0 Å². The van der Waals surface area contributed by atoms with Crippen LogP contribution in [-0.4, -0.2) is 88.4 Å². The Labute approximate surface area is 324 Å². The van der Waals surface area contributed by atoms with Crippen molar-refractivity contribution in [1.29, 1.82) is 0 Å². The fraction of sp³-hybridized carbons (Fsp3) is 0.698. The minimum absolute atomic E-state index is 0.161. The molecule has 0 radical (unpaired) electrons. The van der Waals surface area contributed by atoms with Gasteiger partial charge in [-0.15, -0.1) is 0 Å². The van der Waals surface area contributed by atoms with Gasteiger partial charge in [0.1, 0.15) is 24.9 Å². The number of aliphatic hydroxyl groups excluding tert-OH is 3. The molecule has 0 aliphatic carbocycles. The number of carboxylic acid groups (broad SMARTS) is 1. The molecule has 1 fully saturated rings. The summed E-state index contributed by atoms with van der Waals surface area (Å²) < 4.78 is 21.6. The van der Waals surface area contributed by atoms with Gasteiger partial charge in [0, 0.05) is 12.8 Å². The number of unbranched alkanes of at least 4 members (excludes halogenated alkanes) is 11. The smallest absolute Gasteiger partial charge is 0.335 e. The summed E-state index contributed by atoms with van der Waals surface area (Å²) in [6.07, 6.45) is 29.9. The van der Waals surface area contributed by atoms with Crippen LogP contribution in [0.25, 0.3) is 0 Å². The molecule has 6 unspecified atom stereocenters. The second-order valence-electron chi connectivity index (χ2n) is 13.7. The molecule has 1 rings (SSSR count). The number of carbonyl (C=O) groups is 3. The van der Waals surface area contributed by atoms with Gasteiger partial charge in [-0.05, 0) is 77.0 Å². The van der Waals surface area contributed by atoms with E-state index < -0.39 is 61.3 Å². The maximum Gasteiger partial charge on any atom is 0.335 e. The van der Waals surface area contributed by atoms with Gasteiger partial charge in [0.05, 0.1) is 6.61 Å². The molecule has 0 amide bonds. The summed E-state index contributed by atoms with van der Waals surface area (Å²) in [4.78, 5) is 36.7. The van der Waals surface area contributed by atoms with Crippen LogP contribution < -0.4 is 0 Å². The van der Waals surface area contributed by atoms with Crippen molar-refractivity contribution in [2.24, 2.45) is 0 Å². The Bertz CT molecular complexity index is 1130. The van der Waals surface area contributed by atoms with Gasteiger partial charge in [-0.25, -0.2) is 4.79 Å². The lowest BCUT2D eigenvalue weighted by molar-refractivity contribution is -0.298. The Morgan fingerprint density at radius 2 is 1.09 bits per heavy atom. The SMILES string of the molecule is CC/C=C\C/C=C\C/C=C\C/C=C\CCCCC(=O)OCC(COC1OC(C(=O)O)C(O)C(O)C1O)OC(=O)CCCCCCC/C=C\CCCCCC. The van der Waals surface area contributed by atoms with Crippen LogP contribution in [0, 0.1) is 0 Å². The third-order valence-electron chi connectivity index (χ3n) is 8.85. The molecular weight excluding hydrogens is 692 g/mol. The lowest BCUT2D eigenvalue weighted by atomic mass is 9.99. The highest BCUT2D eigenvalue weighted by atomic mass is 16.7. The maximum absolute atomic E-state index is 12.7. The molecule has 1 aliphatic rings. The molecule has 6 atom stereocenters. The quantitative estimate of drug-likeness (QED) is 0.0298. The molecule has 0 aromatic rings. The van der Waals surface area contributed by atoms with Crippen LogP contribution in [0.5, 0.6) is 0 Å². The van der Waals surface area contributed by atoms with Crippen LogP contribution in [0.2, 0.25) is 0 Å². The summed E-state index contributed by atoms with van der Waals surface area (Å²) in [6, 6.07) is 0. The molecule has 1 aliphatic heterocycles. The number of aliphatic carboxylic acids is 1. The van der Waals surface area contributed by atoms with Crippen LogP contribution in [0.3, 0.4) is 0 Å². The minimum atomic E-state index is -1.87. The maximum atomic E-state index is 12.7. The van der Waals surface area contributed by atoms with E-state index in [4.69, 9.17) is 18.9 Å². The summed E-state index contributed by atoms with van der Waals surface area (Å²) in [5.41, 5.74) is 0. The Morgan fingerprint density at radius 1 is 0.593 bits per heavy atom. The molecule has 308 valence electrons. The van der Waals surface area contributed by atoms with E-state index in [1.165, 1.54) is 25.7 Å².